The van der Waals surface area contributed by atoms with E-state index in [-0.39, 0.29) is 30.2 Å². The van der Waals surface area contributed by atoms with E-state index in [1.165, 1.54) is 24.3 Å². The summed E-state index contributed by atoms with van der Waals surface area (Å²) >= 11 is 1.14. The lowest BCUT2D eigenvalue weighted by molar-refractivity contribution is -0.858. The molecule has 0 spiro atoms. The fourth-order valence-corrected chi connectivity index (χ4v) is 5.28. The van der Waals surface area contributed by atoms with Gasteiger partial charge in [-0.2, -0.15) is 0 Å². The molecule has 2 fully saturated rings. The number of benzene rings is 2. The maximum absolute atomic E-state index is 13.5. The van der Waals surface area contributed by atoms with Gasteiger partial charge in [-0.15, -0.1) is 0 Å². The van der Waals surface area contributed by atoms with Gasteiger partial charge in [0.1, 0.15) is 12.4 Å². The zero-order valence-corrected chi connectivity index (χ0v) is 19.1. The highest BCUT2D eigenvalue weighted by molar-refractivity contribution is 8.00. The SMILES string of the molecule is C=C1CS[C@@H]2C(NC(=O)COc3ccccc3)C(=O)[N+]2([O-])C1C(=O)OCc1ccc([N+](=O)[O-])cc1. The monoisotopic (exact) mass is 499 g/mol. The van der Waals surface area contributed by atoms with Crippen LogP contribution in [0.25, 0.3) is 0 Å². The summed E-state index contributed by atoms with van der Waals surface area (Å²) in [5, 5.41) is 25.9. The number of nitrogens with zero attached hydrogens (tertiary/aromatic N) is 2. The molecule has 182 valence electrons. The number of hydrogen-bond acceptors (Lipinski definition) is 9. The first-order chi connectivity index (χ1) is 16.7. The van der Waals surface area contributed by atoms with Crippen LogP contribution in [0, 0.1) is 15.3 Å². The average Bonchev–Trinajstić information content (AvgIpc) is 2.86. The zero-order chi connectivity index (χ0) is 25.2. The Kier molecular flexibility index (Phi) is 6.87. The summed E-state index contributed by atoms with van der Waals surface area (Å²) < 4.78 is 9.13. The minimum absolute atomic E-state index is 0.113. The van der Waals surface area contributed by atoms with Crippen molar-refractivity contribution in [2.24, 2.45) is 0 Å². The Bertz CT molecular complexity index is 1170. The number of quaternary nitrogens is 1. The van der Waals surface area contributed by atoms with Crippen molar-refractivity contribution >= 4 is 35.2 Å². The number of nitrogens with one attached hydrogen (secondary N) is 1. The van der Waals surface area contributed by atoms with Crippen molar-refractivity contribution in [1.82, 2.24) is 5.32 Å². The molecule has 2 aliphatic heterocycles. The number of para-hydroxylation sites is 1. The molecular weight excluding hydrogens is 478 g/mol. The number of amides is 2. The van der Waals surface area contributed by atoms with Crippen LogP contribution in [0.2, 0.25) is 0 Å². The molecule has 35 heavy (non-hydrogen) atoms. The minimum atomic E-state index is -1.49. The van der Waals surface area contributed by atoms with Crippen LogP contribution in [0.3, 0.4) is 0 Å². The number of hydrogen-bond donors (Lipinski definition) is 1. The van der Waals surface area contributed by atoms with Gasteiger partial charge in [-0.3, -0.25) is 19.6 Å². The molecule has 0 aliphatic carbocycles. The topological polar surface area (TPSA) is 148 Å². The van der Waals surface area contributed by atoms with Crippen molar-refractivity contribution in [1.29, 1.82) is 0 Å². The maximum Gasteiger partial charge on any atom is 0.370 e. The third-order valence-corrected chi connectivity index (χ3v) is 7.13. The van der Waals surface area contributed by atoms with E-state index in [0.717, 1.165) is 11.8 Å². The third-order valence-electron chi connectivity index (χ3n) is 5.66. The number of non-ortho nitro benzene ring substituents is 1. The van der Waals surface area contributed by atoms with Gasteiger partial charge in [-0.25, -0.2) is 9.59 Å². The lowest BCUT2D eigenvalue weighted by Gasteiger charge is -2.61. The molecule has 4 atom stereocenters. The van der Waals surface area contributed by atoms with Gasteiger partial charge >= 0.3 is 11.9 Å². The number of carbonyl (C=O) groups is 3. The van der Waals surface area contributed by atoms with Crippen LogP contribution in [0.4, 0.5) is 5.69 Å². The van der Waals surface area contributed by atoms with Crippen molar-refractivity contribution in [3.63, 3.8) is 0 Å². The lowest BCUT2D eigenvalue weighted by Crippen LogP contribution is -2.83. The van der Waals surface area contributed by atoms with Crippen molar-refractivity contribution in [2.75, 3.05) is 12.4 Å². The molecule has 2 saturated heterocycles. The quantitative estimate of drug-likeness (QED) is 0.110. The highest BCUT2D eigenvalue weighted by Crippen LogP contribution is 2.46. The molecule has 0 saturated carbocycles. The number of carbonyl (C=O) groups excluding carboxylic acids is 3. The molecule has 1 N–H and O–H groups in total. The number of fused-ring (bicyclic) bond motifs is 1. The molecule has 2 aromatic rings. The normalized spacial score (nSPS) is 25.1. The first-order valence-electron chi connectivity index (χ1n) is 10.5. The maximum atomic E-state index is 13.5. The minimum Gasteiger partial charge on any atom is -0.623 e. The third kappa shape index (κ3) is 4.76. The molecule has 3 unspecified atom stereocenters. The van der Waals surface area contributed by atoms with E-state index in [4.69, 9.17) is 9.47 Å². The Labute approximate surface area is 204 Å². The Morgan fingerprint density at radius 3 is 2.51 bits per heavy atom. The second kappa shape index (κ2) is 9.86. The molecule has 12 heteroatoms. The number of esters is 1. The van der Waals surface area contributed by atoms with Crippen LogP contribution in [-0.2, 0) is 25.7 Å². The van der Waals surface area contributed by atoms with Gasteiger partial charge in [0.2, 0.25) is 12.1 Å². The average molecular weight is 500 g/mol. The zero-order valence-electron chi connectivity index (χ0n) is 18.3. The van der Waals surface area contributed by atoms with Crippen LogP contribution in [-0.4, -0.2) is 57.2 Å². The van der Waals surface area contributed by atoms with Crippen molar-refractivity contribution in [2.45, 2.75) is 24.1 Å². The molecule has 0 aromatic heterocycles. The van der Waals surface area contributed by atoms with Gasteiger partial charge in [0.05, 0.1) is 4.92 Å². The fourth-order valence-electron chi connectivity index (χ4n) is 3.91. The number of nitro benzene ring substituents is 1. The largest absolute Gasteiger partial charge is 0.623 e. The van der Waals surface area contributed by atoms with Crippen LogP contribution in [0.15, 0.2) is 66.7 Å². The standard InChI is InChI=1S/C23H21N3O8S/c1-14-13-35-22-19(24-18(27)12-33-17-5-3-2-4-6-17)21(28)26(22,32)20(14)23(29)34-11-15-7-9-16(10-8-15)25(30)31/h2-10,19-20,22H,1,11-13H2,(H,24,27)/t19?,20?,22-,26?/m1/s1. The van der Waals surface area contributed by atoms with Gasteiger partial charge in [-0.1, -0.05) is 36.5 Å². The summed E-state index contributed by atoms with van der Waals surface area (Å²) in [4.78, 5) is 48.2. The molecule has 2 aliphatic rings. The van der Waals surface area contributed by atoms with Crippen LogP contribution >= 0.6 is 11.8 Å². The van der Waals surface area contributed by atoms with E-state index in [1.54, 1.807) is 30.3 Å². The van der Waals surface area contributed by atoms with Gasteiger partial charge in [-0.05, 0) is 29.8 Å². The predicted octanol–water partition coefficient (Wildman–Crippen LogP) is 2.05. The number of hydroxylamine groups is 3. The van der Waals surface area contributed by atoms with E-state index < -0.39 is 44.8 Å². The summed E-state index contributed by atoms with van der Waals surface area (Å²) in [5.41, 5.74) is 0.617. The molecule has 2 aromatic carbocycles. The van der Waals surface area contributed by atoms with Gasteiger partial charge < -0.3 is 20.0 Å². The summed E-state index contributed by atoms with van der Waals surface area (Å²) in [6.45, 7) is 3.21. The molecule has 4 rings (SSSR count). The molecule has 2 heterocycles. The summed E-state index contributed by atoms with van der Waals surface area (Å²) in [6.07, 6.45) is 0. The summed E-state index contributed by atoms with van der Waals surface area (Å²) in [6, 6.07) is 11.5. The van der Waals surface area contributed by atoms with E-state index in [0.29, 0.717) is 11.3 Å². The van der Waals surface area contributed by atoms with Crippen molar-refractivity contribution in [3.8, 4) is 5.75 Å². The van der Waals surface area contributed by atoms with Gasteiger partial charge in [0, 0.05) is 23.5 Å². The summed E-state index contributed by atoms with van der Waals surface area (Å²) in [7, 11) is 0. The molecular formula is C23H21N3O8S. The fraction of sp³-hybridized carbons (Fsp3) is 0.261. The van der Waals surface area contributed by atoms with E-state index >= 15 is 0 Å². The number of ether oxygens (including phenoxy) is 2. The van der Waals surface area contributed by atoms with E-state index in [2.05, 4.69) is 11.9 Å². The smallest absolute Gasteiger partial charge is 0.370 e. The molecule has 0 radical (unpaired) electrons. The van der Waals surface area contributed by atoms with Gasteiger partial charge in [0.25, 0.3) is 11.6 Å². The molecule has 11 nitrogen and oxygen atoms in total. The highest BCUT2D eigenvalue weighted by Gasteiger charge is 2.67. The Hall–Kier alpha value is -3.74. The number of β-lactam (4-membered cyclic amide) rings is 1. The highest BCUT2D eigenvalue weighted by atomic mass is 32.2. The van der Waals surface area contributed by atoms with E-state index in [9.17, 15) is 29.7 Å². The predicted molar refractivity (Wildman–Crippen MR) is 125 cm³/mol. The van der Waals surface area contributed by atoms with Crippen molar-refractivity contribution < 1.29 is 33.4 Å². The Morgan fingerprint density at radius 2 is 1.86 bits per heavy atom. The van der Waals surface area contributed by atoms with Crippen molar-refractivity contribution in [3.05, 3.63) is 87.6 Å². The van der Waals surface area contributed by atoms with Crippen LogP contribution in [0.1, 0.15) is 5.56 Å². The summed E-state index contributed by atoms with van der Waals surface area (Å²) in [5.74, 6) is -1.63. The molecule has 0 bridgehead atoms. The second-order valence-electron chi connectivity index (χ2n) is 7.99. The first-order valence-corrected chi connectivity index (χ1v) is 11.6. The number of nitro groups is 1. The first kappa shape index (κ1) is 24.4. The molecule has 2 amide bonds. The lowest BCUT2D eigenvalue weighted by atomic mass is 9.97. The van der Waals surface area contributed by atoms with Gasteiger partial charge in [0.15, 0.2) is 12.0 Å². The van der Waals surface area contributed by atoms with E-state index in [1.807, 2.05) is 0 Å². The second-order valence-corrected chi connectivity index (χ2v) is 9.09. The Balaban J connectivity index is 1.37. The number of rotatable bonds is 8. The number of thioether (sulfide) groups is 1. The van der Waals surface area contributed by atoms with Crippen LogP contribution in [0.5, 0.6) is 5.75 Å². The Morgan fingerprint density at radius 1 is 1.17 bits per heavy atom. The van der Waals surface area contributed by atoms with Crippen LogP contribution < -0.4 is 10.1 Å².